The number of quaternary nitrogens is 1. The fraction of sp³-hybridized carbons (Fsp3) is 0.333. The average Bonchev–Trinajstić information content (AvgIpc) is 3.02. The van der Waals surface area contributed by atoms with E-state index in [1.54, 1.807) is 0 Å². The summed E-state index contributed by atoms with van der Waals surface area (Å²) in [6.45, 7) is 3.52. The predicted molar refractivity (Wildman–Crippen MR) is 98.1 cm³/mol. The number of hydrogen-bond donors (Lipinski definition) is 1. The fourth-order valence-corrected chi connectivity index (χ4v) is 3.65. The molecule has 0 saturated carbocycles. The molecular weight excluding hydrogens is 312 g/mol. The summed E-state index contributed by atoms with van der Waals surface area (Å²) in [5.74, 6) is 0.0317. The van der Waals surface area contributed by atoms with Crippen LogP contribution in [0.15, 0.2) is 60.7 Å². The van der Waals surface area contributed by atoms with Crippen molar-refractivity contribution in [1.29, 1.82) is 0 Å². The molecule has 0 radical (unpaired) electrons. The Morgan fingerprint density at radius 2 is 1.68 bits per heavy atom. The Balaban J connectivity index is 1.74. The molecule has 2 aromatic carbocycles. The number of urea groups is 1. The van der Waals surface area contributed by atoms with Crippen molar-refractivity contribution < 1.29 is 14.1 Å². The zero-order chi connectivity index (χ0) is 17.7. The Morgan fingerprint density at radius 1 is 1.04 bits per heavy atom. The van der Waals surface area contributed by atoms with Gasteiger partial charge >= 0.3 is 6.03 Å². The van der Waals surface area contributed by atoms with Crippen LogP contribution in [0, 0.1) is 0 Å². The number of carbonyl (C=O) groups excluding carboxylic acids is 2. The van der Waals surface area contributed by atoms with E-state index in [-0.39, 0.29) is 28.9 Å². The van der Waals surface area contributed by atoms with E-state index in [1.165, 1.54) is 0 Å². The highest BCUT2D eigenvalue weighted by Crippen LogP contribution is 2.28. The van der Waals surface area contributed by atoms with Crippen LogP contribution in [-0.4, -0.2) is 35.4 Å². The predicted octanol–water partition coefficient (Wildman–Crippen LogP) is 3.78. The maximum absolute atomic E-state index is 13.0. The van der Waals surface area contributed by atoms with Crippen molar-refractivity contribution in [2.24, 2.45) is 0 Å². The molecule has 1 aliphatic heterocycles. The van der Waals surface area contributed by atoms with Crippen LogP contribution in [0.1, 0.15) is 35.7 Å². The Hall–Kier alpha value is -2.46. The van der Waals surface area contributed by atoms with Crippen molar-refractivity contribution in [1.82, 2.24) is 5.32 Å². The number of rotatable bonds is 5. The number of nitrogens with zero attached hydrogens (tertiary/aromatic N) is 1. The van der Waals surface area contributed by atoms with Gasteiger partial charge in [-0.15, -0.1) is 0 Å². The van der Waals surface area contributed by atoms with Gasteiger partial charge in [0.25, 0.3) is 0 Å². The van der Waals surface area contributed by atoms with Crippen molar-refractivity contribution in [2.75, 3.05) is 13.1 Å². The molecule has 4 nitrogen and oxygen atoms in total. The van der Waals surface area contributed by atoms with E-state index < -0.39 is 0 Å². The summed E-state index contributed by atoms with van der Waals surface area (Å²) in [6, 6.07) is 19.2. The summed E-state index contributed by atoms with van der Waals surface area (Å²) in [6.07, 6.45) is 1.95. The summed E-state index contributed by atoms with van der Waals surface area (Å²) >= 11 is 0. The molecule has 0 bridgehead atoms. The highest BCUT2D eigenvalue weighted by molar-refractivity contribution is 5.97. The molecule has 0 aromatic heterocycles. The molecule has 0 aliphatic carbocycles. The smallest absolute Gasteiger partial charge is 0.301 e. The lowest BCUT2D eigenvalue weighted by atomic mass is 10.1. The minimum absolute atomic E-state index is 0.0317. The van der Waals surface area contributed by atoms with Gasteiger partial charge in [0.2, 0.25) is 5.78 Å². The summed E-state index contributed by atoms with van der Waals surface area (Å²) in [4.78, 5) is 25.8. The molecule has 2 atom stereocenters. The number of hydrogen-bond acceptors (Lipinski definition) is 2. The molecule has 3 rings (SSSR count). The van der Waals surface area contributed by atoms with Gasteiger partial charge < -0.3 is 5.32 Å². The number of nitrogens with one attached hydrogen (secondary N) is 1. The lowest BCUT2D eigenvalue weighted by Crippen LogP contribution is -2.61. The van der Waals surface area contributed by atoms with Crippen LogP contribution in [0.4, 0.5) is 4.79 Å². The van der Waals surface area contributed by atoms with Crippen LogP contribution in [0.5, 0.6) is 0 Å². The molecule has 4 heteroatoms. The average molecular weight is 337 g/mol. The topological polar surface area (TPSA) is 46.2 Å². The Morgan fingerprint density at radius 3 is 2.28 bits per heavy atom. The van der Waals surface area contributed by atoms with Crippen LogP contribution in [0.3, 0.4) is 0 Å². The van der Waals surface area contributed by atoms with E-state index >= 15 is 0 Å². The number of amides is 2. The zero-order valence-electron chi connectivity index (χ0n) is 14.7. The molecule has 1 N–H and O–H groups in total. The molecule has 1 heterocycles. The van der Waals surface area contributed by atoms with Gasteiger partial charge in [-0.25, -0.2) is 9.28 Å². The van der Waals surface area contributed by atoms with Crippen molar-refractivity contribution >= 4 is 11.8 Å². The van der Waals surface area contributed by atoms with Gasteiger partial charge in [-0.3, -0.25) is 4.79 Å². The van der Waals surface area contributed by atoms with Crippen molar-refractivity contribution in [3.63, 3.8) is 0 Å². The fourth-order valence-electron chi connectivity index (χ4n) is 3.65. The summed E-state index contributed by atoms with van der Waals surface area (Å²) in [7, 11) is 0. The lowest BCUT2D eigenvalue weighted by molar-refractivity contribution is -0.852. The first-order valence-corrected chi connectivity index (χ1v) is 8.89. The standard InChI is InChI=1S/C21H24N2O2/c1-17-9-8-14-23(17,16-20(24)19-12-6-3-7-13-19)21(25)22-15-18-10-4-2-5-11-18/h2-7,10-13,17H,8-9,14-16H2,1H3/p+1/t17-,23?/m1/s1. The normalized spacial score (nSPS) is 22.5. The lowest BCUT2D eigenvalue weighted by Gasteiger charge is -2.35. The third kappa shape index (κ3) is 3.80. The Kier molecular flexibility index (Phi) is 5.29. The summed E-state index contributed by atoms with van der Waals surface area (Å²) in [5.41, 5.74) is 1.74. The first kappa shape index (κ1) is 17.4. The highest BCUT2D eigenvalue weighted by atomic mass is 16.2. The van der Waals surface area contributed by atoms with E-state index in [1.807, 2.05) is 60.7 Å². The zero-order valence-corrected chi connectivity index (χ0v) is 14.7. The monoisotopic (exact) mass is 337 g/mol. The highest BCUT2D eigenvalue weighted by Gasteiger charge is 2.47. The third-order valence-corrected chi connectivity index (χ3v) is 5.24. The number of ketones is 1. The van der Waals surface area contributed by atoms with Gasteiger partial charge in [0.1, 0.15) is 0 Å². The molecule has 130 valence electrons. The van der Waals surface area contributed by atoms with E-state index in [9.17, 15) is 9.59 Å². The molecule has 1 unspecified atom stereocenters. The van der Waals surface area contributed by atoms with Gasteiger partial charge in [-0.2, -0.15) is 0 Å². The second kappa shape index (κ2) is 7.62. The van der Waals surface area contributed by atoms with E-state index in [2.05, 4.69) is 12.2 Å². The molecule has 2 aromatic rings. The molecule has 1 fully saturated rings. The quantitative estimate of drug-likeness (QED) is 0.667. The number of Topliss-reactive ketones (excluding diaryl/α,β-unsaturated/α-hetero) is 1. The van der Waals surface area contributed by atoms with E-state index in [0.717, 1.165) is 24.9 Å². The molecule has 1 aliphatic rings. The second-order valence-electron chi connectivity index (χ2n) is 6.84. The Bertz CT molecular complexity index is 730. The summed E-state index contributed by atoms with van der Waals surface area (Å²) < 4.78 is 0.209. The van der Waals surface area contributed by atoms with Gasteiger partial charge in [0, 0.05) is 24.9 Å². The minimum Gasteiger partial charge on any atom is -0.301 e. The van der Waals surface area contributed by atoms with E-state index in [0.29, 0.717) is 12.1 Å². The van der Waals surface area contributed by atoms with Crippen molar-refractivity contribution in [3.05, 3.63) is 71.8 Å². The number of likely N-dealkylation sites (tertiary alicyclic amines) is 1. The van der Waals surface area contributed by atoms with Gasteiger partial charge in [-0.1, -0.05) is 60.7 Å². The van der Waals surface area contributed by atoms with Gasteiger partial charge in [0.15, 0.2) is 6.54 Å². The number of carbonyl (C=O) groups is 2. The molecule has 1 saturated heterocycles. The first-order valence-electron chi connectivity index (χ1n) is 8.89. The minimum atomic E-state index is -0.0434. The van der Waals surface area contributed by atoms with E-state index in [4.69, 9.17) is 0 Å². The maximum Gasteiger partial charge on any atom is 0.417 e. The van der Waals surface area contributed by atoms with Crippen LogP contribution in [-0.2, 0) is 6.54 Å². The molecule has 0 spiro atoms. The number of benzene rings is 2. The van der Waals surface area contributed by atoms with Crippen LogP contribution >= 0.6 is 0 Å². The molecule has 25 heavy (non-hydrogen) atoms. The van der Waals surface area contributed by atoms with Gasteiger partial charge in [-0.05, 0) is 12.5 Å². The summed E-state index contributed by atoms with van der Waals surface area (Å²) in [5, 5.41) is 3.05. The second-order valence-corrected chi connectivity index (χ2v) is 6.84. The van der Waals surface area contributed by atoms with Gasteiger partial charge in [0.05, 0.1) is 12.6 Å². The maximum atomic E-state index is 13.0. The van der Waals surface area contributed by atoms with Crippen molar-refractivity contribution in [2.45, 2.75) is 32.4 Å². The largest absolute Gasteiger partial charge is 0.417 e. The van der Waals surface area contributed by atoms with Crippen LogP contribution in [0.25, 0.3) is 0 Å². The van der Waals surface area contributed by atoms with Crippen molar-refractivity contribution in [3.8, 4) is 0 Å². The van der Waals surface area contributed by atoms with Crippen LogP contribution < -0.4 is 5.32 Å². The molecule has 2 amide bonds. The van der Waals surface area contributed by atoms with Crippen LogP contribution in [0.2, 0.25) is 0 Å². The Labute approximate surface area is 149 Å². The SMILES string of the molecule is C[C@@H]1CCC[N+]1(CC(=O)c1ccccc1)C(=O)NCc1ccccc1. The third-order valence-electron chi connectivity index (χ3n) is 5.24. The molecular formula is C21H25N2O2+. The first-order chi connectivity index (χ1) is 12.1.